The monoisotopic (exact) mass is 387 g/mol. The van der Waals surface area contributed by atoms with E-state index in [1.165, 1.54) is 18.4 Å². The highest BCUT2D eigenvalue weighted by molar-refractivity contribution is 5.62. The average molecular weight is 387 g/mol. The van der Waals surface area contributed by atoms with Crippen molar-refractivity contribution in [3.05, 3.63) is 60.4 Å². The first-order valence-corrected chi connectivity index (χ1v) is 9.66. The molecule has 1 atom stereocenters. The number of aryl methyl sites for hydroxylation is 1. The Morgan fingerprint density at radius 2 is 1.83 bits per heavy atom. The van der Waals surface area contributed by atoms with Crippen molar-refractivity contribution in [2.75, 3.05) is 5.73 Å². The van der Waals surface area contributed by atoms with Gasteiger partial charge in [-0.25, -0.2) is 9.97 Å². The largest absolute Gasteiger partial charge is 0.368 e. The Hall–Kier alpha value is -3.55. The van der Waals surface area contributed by atoms with Gasteiger partial charge in [0.15, 0.2) is 5.82 Å². The molecule has 0 saturated heterocycles. The molecule has 4 aromatic rings. The Labute approximate surface area is 167 Å². The average Bonchev–Trinajstić information content (AvgIpc) is 3.24. The van der Waals surface area contributed by atoms with Crippen molar-refractivity contribution < 1.29 is 4.52 Å². The Bertz CT molecular complexity index is 1110. The van der Waals surface area contributed by atoms with E-state index in [0.717, 1.165) is 34.9 Å². The first-order chi connectivity index (χ1) is 14.2. The van der Waals surface area contributed by atoms with Crippen LogP contribution in [0.25, 0.3) is 22.6 Å². The molecule has 3 aromatic heterocycles. The summed E-state index contributed by atoms with van der Waals surface area (Å²) in [5, 5.41) is 8.47. The normalized spacial score (nSPS) is 14.8. The first-order valence-electron chi connectivity index (χ1n) is 9.66. The lowest BCUT2D eigenvalue weighted by atomic mass is 9.91. The van der Waals surface area contributed by atoms with Crippen LogP contribution in [-0.4, -0.2) is 29.9 Å². The molecule has 146 valence electrons. The summed E-state index contributed by atoms with van der Waals surface area (Å²) in [5.41, 5.74) is 9.56. The predicted octanol–water partition coefficient (Wildman–Crippen LogP) is 3.44. The second-order valence-electron chi connectivity index (χ2n) is 7.54. The van der Waals surface area contributed by atoms with Crippen molar-refractivity contribution >= 4 is 5.95 Å². The lowest BCUT2D eigenvalue weighted by Crippen LogP contribution is -2.05. The second-order valence-corrected chi connectivity index (χ2v) is 7.54. The van der Waals surface area contributed by atoms with E-state index < -0.39 is 0 Å². The van der Waals surface area contributed by atoms with Gasteiger partial charge in [0.2, 0.25) is 5.95 Å². The van der Waals surface area contributed by atoms with E-state index in [2.05, 4.69) is 49.5 Å². The molecule has 29 heavy (non-hydrogen) atoms. The summed E-state index contributed by atoms with van der Waals surface area (Å²) in [4.78, 5) is 12.8. The first kappa shape index (κ1) is 17.5. The van der Waals surface area contributed by atoms with Gasteiger partial charge in [-0.2, -0.15) is 10.1 Å². The highest BCUT2D eigenvalue weighted by Crippen LogP contribution is 2.41. The van der Waals surface area contributed by atoms with Crippen LogP contribution in [0.5, 0.6) is 0 Å². The van der Waals surface area contributed by atoms with Crippen molar-refractivity contribution in [3.8, 4) is 22.6 Å². The van der Waals surface area contributed by atoms with Crippen molar-refractivity contribution in [1.82, 2.24) is 29.9 Å². The molecule has 1 aliphatic rings. The smallest absolute Gasteiger partial charge is 0.261 e. The van der Waals surface area contributed by atoms with Crippen LogP contribution in [0.2, 0.25) is 0 Å². The third-order valence-electron chi connectivity index (χ3n) is 5.29. The quantitative estimate of drug-likeness (QED) is 0.540. The zero-order chi connectivity index (χ0) is 19.8. The molecule has 0 aliphatic heterocycles. The zero-order valence-electron chi connectivity index (χ0n) is 16.1. The van der Waals surface area contributed by atoms with Crippen molar-refractivity contribution in [1.29, 1.82) is 0 Å². The van der Waals surface area contributed by atoms with Gasteiger partial charge >= 0.3 is 0 Å². The number of nitrogens with two attached hydrogens (primary N) is 1. The van der Waals surface area contributed by atoms with Gasteiger partial charge in [0.1, 0.15) is 0 Å². The summed E-state index contributed by atoms with van der Waals surface area (Å²) < 4.78 is 7.25. The molecule has 8 nitrogen and oxygen atoms in total. The van der Waals surface area contributed by atoms with Gasteiger partial charge in [0.05, 0.1) is 11.8 Å². The maximum absolute atomic E-state index is 5.58. The summed E-state index contributed by atoms with van der Waals surface area (Å²) >= 11 is 0. The summed E-state index contributed by atoms with van der Waals surface area (Å²) in [6, 6.07) is 8.40. The maximum atomic E-state index is 5.58. The van der Waals surface area contributed by atoms with Gasteiger partial charge in [-0.3, -0.25) is 4.68 Å². The third-order valence-corrected chi connectivity index (χ3v) is 5.29. The number of hydrogen-bond acceptors (Lipinski definition) is 7. The summed E-state index contributed by atoms with van der Waals surface area (Å²) in [7, 11) is 1.87. The van der Waals surface area contributed by atoms with Crippen LogP contribution in [0.15, 0.2) is 53.6 Å². The van der Waals surface area contributed by atoms with Gasteiger partial charge in [0, 0.05) is 37.1 Å². The third kappa shape index (κ3) is 3.73. The van der Waals surface area contributed by atoms with Crippen molar-refractivity contribution in [2.24, 2.45) is 13.0 Å². The van der Waals surface area contributed by atoms with E-state index in [4.69, 9.17) is 10.3 Å². The lowest BCUT2D eigenvalue weighted by molar-refractivity contribution is 0.416. The molecule has 8 heteroatoms. The zero-order valence-corrected chi connectivity index (χ0v) is 16.1. The van der Waals surface area contributed by atoms with Gasteiger partial charge < -0.3 is 10.3 Å². The molecule has 1 fully saturated rings. The number of nitrogens with zero attached hydrogens (tertiary/aromatic N) is 6. The van der Waals surface area contributed by atoms with Gasteiger partial charge in [-0.1, -0.05) is 42.3 Å². The van der Waals surface area contributed by atoms with Crippen LogP contribution in [0.3, 0.4) is 0 Å². The molecule has 0 amide bonds. The predicted molar refractivity (Wildman–Crippen MR) is 108 cm³/mol. The molecular weight excluding hydrogens is 366 g/mol. The van der Waals surface area contributed by atoms with E-state index in [0.29, 0.717) is 5.89 Å². The van der Waals surface area contributed by atoms with Crippen LogP contribution >= 0.6 is 0 Å². The lowest BCUT2D eigenvalue weighted by Gasteiger charge is -2.14. The highest BCUT2D eigenvalue weighted by atomic mass is 16.5. The number of hydrogen-bond donors (Lipinski definition) is 1. The van der Waals surface area contributed by atoms with E-state index in [9.17, 15) is 0 Å². The van der Waals surface area contributed by atoms with Gasteiger partial charge in [-0.05, 0) is 23.5 Å². The van der Waals surface area contributed by atoms with Crippen LogP contribution in [-0.2, 0) is 7.05 Å². The van der Waals surface area contributed by atoms with E-state index in [1.54, 1.807) is 23.3 Å². The number of benzene rings is 1. The number of rotatable bonds is 6. The molecule has 1 saturated carbocycles. The molecule has 2 N–H and O–H groups in total. The Kier molecular flexibility index (Phi) is 4.31. The SMILES string of the molecule is Cn1cc(-c2nc(C(CC3CC3)c3ccc(-c4cnc(N)nc4)cc3)no2)cn1. The molecule has 0 spiro atoms. The summed E-state index contributed by atoms with van der Waals surface area (Å²) in [6.45, 7) is 0. The number of nitrogen functional groups attached to an aromatic ring is 1. The topological polar surface area (TPSA) is 109 Å². The summed E-state index contributed by atoms with van der Waals surface area (Å²) in [5.74, 6) is 2.33. The molecule has 1 unspecified atom stereocenters. The fraction of sp³-hybridized carbons (Fsp3) is 0.286. The molecular formula is C21H21N7O. The minimum absolute atomic E-state index is 0.105. The second kappa shape index (κ2) is 7.12. The van der Waals surface area contributed by atoms with Crippen LogP contribution in [0.4, 0.5) is 5.95 Å². The van der Waals surface area contributed by atoms with Crippen LogP contribution in [0.1, 0.15) is 36.6 Å². The fourth-order valence-corrected chi connectivity index (χ4v) is 3.50. The van der Waals surface area contributed by atoms with E-state index >= 15 is 0 Å². The number of anilines is 1. The van der Waals surface area contributed by atoms with Crippen LogP contribution < -0.4 is 5.73 Å². The Balaban J connectivity index is 1.43. The minimum atomic E-state index is 0.105. The molecule has 1 aromatic carbocycles. The standard InChI is InChI=1S/C21H21N7O/c1-28-12-17(11-25-28)20-26-19(27-29-20)18(8-13-2-3-13)15-6-4-14(5-7-15)16-9-23-21(22)24-10-16/h4-7,9-13,18H,2-3,8H2,1H3,(H2,22,23,24). The Morgan fingerprint density at radius 3 is 2.48 bits per heavy atom. The number of aromatic nitrogens is 6. The summed E-state index contributed by atoms with van der Waals surface area (Å²) in [6.07, 6.45) is 10.6. The molecule has 0 bridgehead atoms. The van der Waals surface area contributed by atoms with Gasteiger partial charge in [0.25, 0.3) is 5.89 Å². The van der Waals surface area contributed by atoms with Crippen molar-refractivity contribution in [3.63, 3.8) is 0 Å². The van der Waals surface area contributed by atoms with Gasteiger partial charge in [-0.15, -0.1) is 0 Å². The highest BCUT2D eigenvalue weighted by Gasteiger charge is 2.30. The molecule has 5 rings (SSSR count). The van der Waals surface area contributed by atoms with Crippen LogP contribution in [0, 0.1) is 5.92 Å². The van der Waals surface area contributed by atoms with E-state index in [-0.39, 0.29) is 11.9 Å². The van der Waals surface area contributed by atoms with E-state index in [1.807, 2.05) is 13.2 Å². The molecule has 3 heterocycles. The fourth-order valence-electron chi connectivity index (χ4n) is 3.50. The molecule has 1 aliphatic carbocycles. The minimum Gasteiger partial charge on any atom is -0.368 e. The maximum Gasteiger partial charge on any atom is 0.261 e. The molecule has 0 radical (unpaired) electrons. The van der Waals surface area contributed by atoms with Crippen molar-refractivity contribution in [2.45, 2.75) is 25.2 Å². The Morgan fingerprint density at radius 1 is 1.07 bits per heavy atom.